The van der Waals surface area contributed by atoms with E-state index in [-0.39, 0.29) is 19.0 Å². The summed E-state index contributed by atoms with van der Waals surface area (Å²) in [4.78, 5) is 0. The quantitative estimate of drug-likeness (QED) is 0.663. The lowest BCUT2D eigenvalue weighted by Crippen LogP contribution is -2.17. The molecule has 2 N–H and O–H groups in total. The molecule has 0 fully saturated rings. The van der Waals surface area contributed by atoms with Crippen LogP contribution in [-0.2, 0) is 13.2 Å². The molecule has 0 aliphatic carbocycles. The van der Waals surface area contributed by atoms with Crippen molar-refractivity contribution in [3.63, 3.8) is 0 Å². The number of aliphatic hydroxyl groups is 1. The highest BCUT2D eigenvalue weighted by atomic mass is 79.9. The Labute approximate surface area is 151 Å². The lowest BCUT2D eigenvalue weighted by atomic mass is 10.2. The number of methoxy groups -OCH3 is 1. The van der Waals surface area contributed by atoms with Crippen LogP contribution in [0.2, 0.25) is 0 Å². The van der Waals surface area contributed by atoms with Gasteiger partial charge in [0.25, 0.3) is 0 Å². The van der Waals surface area contributed by atoms with Crippen molar-refractivity contribution in [2.45, 2.75) is 13.2 Å². The van der Waals surface area contributed by atoms with Crippen LogP contribution >= 0.6 is 28.3 Å². The topological polar surface area (TPSA) is 50.7 Å². The fraction of sp³-hybridized carbons (Fsp3) is 0.294. The molecule has 0 aliphatic rings. The van der Waals surface area contributed by atoms with E-state index in [9.17, 15) is 0 Å². The predicted molar refractivity (Wildman–Crippen MR) is 97.5 cm³/mol. The summed E-state index contributed by atoms with van der Waals surface area (Å²) >= 11 is 3.54. The van der Waals surface area contributed by atoms with Crippen molar-refractivity contribution in [2.24, 2.45) is 0 Å². The second-order valence-corrected chi connectivity index (χ2v) is 5.64. The molecule has 4 nitrogen and oxygen atoms in total. The lowest BCUT2D eigenvalue weighted by Gasteiger charge is -2.15. The van der Waals surface area contributed by atoms with Crippen LogP contribution in [0.4, 0.5) is 0 Å². The number of halogens is 2. The summed E-state index contributed by atoms with van der Waals surface area (Å²) in [6.07, 6.45) is 0. The van der Waals surface area contributed by atoms with Crippen molar-refractivity contribution in [1.82, 2.24) is 5.32 Å². The highest BCUT2D eigenvalue weighted by Gasteiger charge is 2.12. The maximum atomic E-state index is 8.81. The molecule has 2 aromatic carbocycles. The zero-order chi connectivity index (χ0) is 15.8. The van der Waals surface area contributed by atoms with Gasteiger partial charge in [0.1, 0.15) is 6.61 Å². The molecule has 0 amide bonds. The van der Waals surface area contributed by atoms with E-state index in [2.05, 4.69) is 21.2 Å². The van der Waals surface area contributed by atoms with E-state index in [0.29, 0.717) is 31.2 Å². The van der Waals surface area contributed by atoms with Gasteiger partial charge in [-0.1, -0.05) is 30.3 Å². The molecule has 0 aromatic heterocycles. The van der Waals surface area contributed by atoms with E-state index in [1.165, 1.54) is 0 Å². The smallest absolute Gasteiger partial charge is 0.175 e. The Morgan fingerprint density at radius 3 is 2.52 bits per heavy atom. The van der Waals surface area contributed by atoms with Gasteiger partial charge in [0, 0.05) is 13.1 Å². The maximum Gasteiger partial charge on any atom is 0.175 e. The zero-order valence-corrected chi connectivity index (χ0v) is 15.3. The Kier molecular flexibility index (Phi) is 9.02. The van der Waals surface area contributed by atoms with Crippen molar-refractivity contribution in [2.75, 3.05) is 20.3 Å². The molecule has 0 bridgehead atoms. The van der Waals surface area contributed by atoms with E-state index in [1.54, 1.807) is 7.11 Å². The number of aliphatic hydroxyl groups excluding tert-OH is 1. The minimum absolute atomic E-state index is 0. The molecule has 23 heavy (non-hydrogen) atoms. The van der Waals surface area contributed by atoms with Crippen LogP contribution < -0.4 is 14.8 Å². The third-order valence-electron chi connectivity index (χ3n) is 3.13. The van der Waals surface area contributed by atoms with Gasteiger partial charge in [-0.3, -0.25) is 0 Å². The molecule has 0 atom stereocenters. The molecule has 126 valence electrons. The monoisotopic (exact) mass is 401 g/mol. The average molecular weight is 403 g/mol. The van der Waals surface area contributed by atoms with Gasteiger partial charge in [-0.15, -0.1) is 12.4 Å². The Balaban J connectivity index is 0.00000264. The van der Waals surface area contributed by atoms with E-state index < -0.39 is 0 Å². The third-order valence-corrected chi connectivity index (χ3v) is 3.72. The first kappa shape index (κ1) is 19.8. The van der Waals surface area contributed by atoms with Crippen LogP contribution in [0.5, 0.6) is 11.5 Å². The third kappa shape index (κ3) is 6.03. The van der Waals surface area contributed by atoms with Crippen LogP contribution in [0.25, 0.3) is 0 Å². The second kappa shape index (κ2) is 10.5. The SMILES string of the molecule is COc1cc(CNCCO)cc(Br)c1OCc1ccccc1.Cl. The molecule has 0 saturated heterocycles. The Morgan fingerprint density at radius 2 is 1.87 bits per heavy atom. The normalized spacial score (nSPS) is 10.0. The molecule has 0 heterocycles. The summed E-state index contributed by atoms with van der Waals surface area (Å²) < 4.78 is 12.2. The maximum absolute atomic E-state index is 8.81. The summed E-state index contributed by atoms with van der Waals surface area (Å²) in [5, 5.41) is 11.9. The fourth-order valence-corrected chi connectivity index (χ4v) is 2.66. The zero-order valence-electron chi connectivity index (χ0n) is 12.9. The van der Waals surface area contributed by atoms with E-state index in [4.69, 9.17) is 14.6 Å². The largest absolute Gasteiger partial charge is 0.493 e. The number of hydrogen-bond acceptors (Lipinski definition) is 4. The van der Waals surface area contributed by atoms with Gasteiger partial charge in [-0.2, -0.15) is 0 Å². The summed E-state index contributed by atoms with van der Waals surface area (Å²) in [5.74, 6) is 1.38. The van der Waals surface area contributed by atoms with Crippen molar-refractivity contribution >= 4 is 28.3 Å². The van der Waals surface area contributed by atoms with Gasteiger partial charge in [0.15, 0.2) is 11.5 Å². The van der Waals surface area contributed by atoms with Gasteiger partial charge >= 0.3 is 0 Å². The molecule has 0 unspecified atom stereocenters. The summed E-state index contributed by atoms with van der Waals surface area (Å²) in [6.45, 7) is 1.83. The highest BCUT2D eigenvalue weighted by Crippen LogP contribution is 2.37. The minimum Gasteiger partial charge on any atom is -0.493 e. The molecular formula is C17H21BrClNO3. The first-order valence-corrected chi connectivity index (χ1v) is 7.88. The Bertz CT molecular complexity index is 596. The summed E-state index contributed by atoms with van der Waals surface area (Å²) in [6, 6.07) is 13.9. The van der Waals surface area contributed by atoms with Crippen LogP contribution in [0.1, 0.15) is 11.1 Å². The number of benzene rings is 2. The van der Waals surface area contributed by atoms with Crippen LogP contribution in [0.3, 0.4) is 0 Å². The molecule has 0 aliphatic heterocycles. The van der Waals surface area contributed by atoms with E-state index in [0.717, 1.165) is 15.6 Å². The molecule has 0 spiro atoms. The molecule has 6 heteroatoms. The molecular weight excluding hydrogens is 382 g/mol. The lowest BCUT2D eigenvalue weighted by molar-refractivity contribution is 0.282. The van der Waals surface area contributed by atoms with Gasteiger partial charge in [0.2, 0.25) is 0 Å². The highest BCUT2D eigenvalue weighted by molar-refractivity contribution is 9.10. The van der Waals surface area contributed by atoms with Gasteiger partial charge < -0.3 is 19.9 Å². The number of rotatable bonds is 8. The van der Waals surface area contributed by atoms with E-state index >= 15 is 0 Å². The average Bonchev–Trinajstić information content (AvgIpc) is 2.54. The first-order valence-electron chi connectivity index (χ1n) is 7.09. The second-order valence-electron chi connectivity index (χ2n) is 4.78. The van der Waals surface area contributed by atoms with Gasteiger partial charge in [-0.25, -0.2) is 0 Å². The summed E-state index contributed by atoms with van der Waals surface area (Å²) in [5.41, 5.74) is 2.16. The molecule has 2 rings (SSSR count). The van der Waals surface area contributed by atoms with Crippen molar-refractivity contribution < 1.29 is 14.6 Å². The van der Waals surface area contributed by atoms with Crippen molar-refractivity contribution in [3.8, 4) is 11.5 Å². The predicted octanol–water partition coefficient (Wildman–Crippen LogP) is 3.54. The van der Waals surface area contributed by atoms with Crippen LogP contribution in [-0.4, -0.2) is 25.4 Å². The van der Waals surface area contributed by atoms with Crippen LogP contribution in [0.15, 0.2) is 46.9 Å². The van der Waals surface area contributed by atoms with Gasteiger partial charge in [0.05, 0.1) is 18.2 Å². The fourth-order valence-electron chi connectivity index (χ4n) is 2.06. The van der Waals surface area contributed by atoms with Crippen LogP contribution in [0, 0.1) is 0 Å². The number of ether oxygens (including phenoxy) is 2. The van der Waals surface area contributed by atoms with E-state index in [1.807, 2.05) is 42.5 Å². The van der Waals surface area contributed by atoms with Crippen molar-refractivity contribution in [1.29, 1.82) is 0 Å². The molecule has 2 aromatic rings. The van der Waals surface area contributed by atoms with Crippen molar-refractivity contribution in [3.05, 3.63) is 58.1 Å². The Hall–Kier alpha value is -1.27. The summed E-state index contributed by atoms with van der Waals surface area (Å²) in [7, 11) is 1.63. The van der Waals surface area contributed by atoms with Gasteiger partial charge in [-0.05, 0) is 39.2 Å². The number of hydrogen-bond donors (Lipinski definition) is 2. The standard InChI is InChI=1S/C17H20BrNO3.ClH/c1-21-16-10-14(11-19-7-8-20)9-15(18)17(16)22-12-13-5-3-2-4-6-13;/h2-6,9-10,19-20H,7-8,11-12H2,1H3;1H. The molecule has 0 saturated carbocycles. The molecule has 0 radical (unpaired) electrons. The minimum atomic E-state index is 0. The number of nitrogens with one attached hydrogen (secondary N) is 1. The first-order chi connectivity index (χ1) is 10.7. The Morgan fingerprint density at radius 1 is 1.13 bits per heavy atom.